The van der Waals surface area contributed by atoms with Crippen molar-refractivity contribution in [1.82, 2.24) is 10.3 Å². The Morgan fingerprint density at radius 1 is 1.30 bits per heavy atom. The second-order valence-electron chi connectivity index (χ2n) is 4.63. The van der Waals surface area contributed by atoms with Crippen molar-refractivity contribution in [3.8, 4) is 0 Å². The fourth-order valence-corrected chi connectivity index (χ4v) is 1.87. The van der Waals surface area contributed by atoms with E-state index in [-0.39, 0.29) is 10.7 Å². The first-order valence-corrected chi connectivity index (χ1v) is 6.69. The molecule has 4 N–H and O–H groups in total. The van der Waals surface area contributed by atoms with Crippen LogP contribution in [0, 0.1) is 0 Å². The van der Waals surface area contributed by atoms with E-state index in [1.165, 1.54) is 6.07 Å². The summed E-state index contributed by atoms with van der Waals surface area (Å²) in [6.45, 7) is 0.252. The van der Waals surface area contributed by atoms with Crippen molar-refractivity contribution in [2.45, 2.75) is 25.3 Å². The fourth-order valence-electron chi connectivity index (χ4n) is 1.65. The molecule has 1 aromatic rings. The number of halogens is 1. The summed E-state index contributed by atoms with van der Waals surface area (Å²) in [6.07, 6.45) is 1.55. The quantitative estimate of drug-likeness (QED) is 0.536. The van der Waals surface area contributed by atoms with E-state index < -0.39 is 31.3 Å². The average Bonchev–Trinajstić information content (AvgIpc) is 2.44. The van der Waals surface area contributed by atoms with Gasteiger partial charge in [0.05, 0.1) is 19.8 Å². The van der Waals surface area contributed by atoms with Crippen LogP contribution in [0.4, 0.5) is 0 Å². The summed E-state index contributed by atoms with van der Waals surface area (Å²) < 4.78 is 0. The number of pyridine rings is 1. The van der Waals surface area contributed by atoms with Crippen LogP contribution in [0.15, 0.2) is 12.1 Å². The molecule has 0 aliphatic rings. The zero-order chi connectivity index (χ0) is 15.2. The number of nitrogens with one attached hydrogen (secondary N) is 1. The molecule has 20 heavy (non-hydrogen) atoms. The van der Waals surface area contributed by atoms with Crippen LogP contribution in [0.2, 0.25) is 5.15 Å². The first kappa shape index (κ1) is 16.8. The predicted octanol–water partition coefficient (Wildman–Crippen LogP) is 0.133. The van der Waals surface area contributed by atoms with E-state index in [4.69, 9.17) is 11.6 Å². The van der Waals surface area contributed by atoms with Gasteiger partial charge in [0.15, 0.2) is 0 Å². The van der Waals surface area contributed by atoms with Crippen LogP contribution < -0.4 is 5.32 Å². The molecular formula is C13H19ClN2O4. The van der Waals surface area contributed by atoms with Gasteiger partial charge >= 0.3 is 0 Å². The van der Waals surface area contributed by atoms with Gasteiger partial charge in [0, 0.05) is 11.3 Å². The maximum absolute atomic E-state index is 12.1. The number of nitrogens with zero attached hydrogens (tertiary/aromatic N) is 1. The molecule has 0 aliphatic carbocycles. The second kappa shape index (κ2) is 7.54. The summed E-state index contributed by atoms with van der Waals surface area (Å²) in [7, 11) is 0. The summed E-state index contributed by atoms with van der Waals surface area (Å²) in [5.41, 5.74) is -0.501. The molecule has 0 atom stereocenters. The molecule has 0 saturated heterocycles. The normalized spacial score (nSPS) is 11.4. The predicted molar refractivity (Wildman–Crippen MR) is 74.7 cm³/mol. The minimum absolute atomic E-state index is 0.198. The highest BCUT2D eigenvalue weighted by molar-refractivity contribution is 6.29. The average molecular weight is 303 g/mol. The van der Waals surface area contributed by atoms with Crippen molar-refractivity contribution >= 4 is 17.5 Å². The first-order chi connectivity index (χ1) is 9.50. The van der Waals surface area contributed by atoms with Crippen LogP contribution in [-0.2, 0) is 6.42 Å². The minimum Gasteiger partial charge on any atom is -0.394 e. The van der Waals surface area contributed by atoms with Crippen LogP contribution in [0.1, 0.15) is 29.4 Å². The van der Waals surface area contributed by atoms with Crippen molar-refractivity contribution in [3.05, 3.63) is 28.5 Å². The number of carbonyl (C=O) groups is 1. The van der Waals surface area contributed by atoms with E-state index in [0.29, 0.717) is 12.1 Å². The second-order valence-corrected chi connectivity index (χ2v) is 5.02. The Bertz CT molecular complexity index is 455. The number of rotatable bonds is 7. The van der Waals surface area contributed by atoms with Crippen LogP contribution in [0.25, 0.3) is 0 Å². The van der Waals surface area contributed by atoms with E-state index >= 15 is 0 Å². The zero-order valence-electron chi connectivity index (χ0n) is 11.3. The van der Waals surface area contributed by atoms with Crippen molar-refractivity contribution < 1.29 is 20.1 Å². The molecule has 1 amide bonds. The molecule has 0 spiro atoms. The van der Waals surface area contributed by atoms with Crippen LogP contribution in [0.5, 0.6) is 0 Å². The number of aryl methyl sites for hydroxylation is 1. The lowest BCUT2D eigenvalue weighted by molar-refractivity contribution is 0.0375. The molecule has 0 radical (unpaired) electrons. The molecular weight excluding hydrogens is 284 g/mol. The Labute approximate surface area is 122 Å². The standard InChI is InChI=1S/C13H19ClN2O4/c1-2-3-10-4-9(5-11(14)15-10)12(20)16-13(6-17,7-18)8-19/h4-5,17-19H,2-3,6-8H2,1H3,(H,16,20). The van der Waals surface area contributed by atoms with E-state index in [1.54, 1.807) is 6.07 Å². The van der Waals surface area contributed by atoms with Crippen LogP contribution >= 0.6 is 11.6 Å². The molecule has 1 heterocycles. The van der Waals surface area contributed by atoms with E-state index in [9.17, 15) is 20.1 Å². The Hall–Kier alpha value is -1.21. The summed E-state index contributed by atoms with van der Waals surface area (Å²) in [6, 6.07) is 2.99. The lowest BCUT2D eigenvalue weighted by Crippen LogP contribution is -2.57. The smallest absolute Gasteiger partial charge is 0.252 e. The summed E-state index contributed by atoms with van der Waals surface area (Å²) in [4.78, 5) is 16.2. The molecule has 0 bridgehead atoms. The highest BCUT2D eigenvalue weighted by atomic mass is 35.5. The first-order valence-electron chi connectivity index (χ1n) is 6.32. The Kier molecular flexibility index (Phi) is 6.35. The SMILES string of the molecule is CCCc1cc(C(=O)NC(CO)(CO)CO)cc(Cl)n1. The zero-order valence-corrected chi connectivity index (χ0v) is 12.0. The fraction of sp³-hybridized carbons (Fsp3) is 0.538. The highest BCUT2D eigenvalue weighted by Gasteiger charge is 2.30. The number of carbonyl (C=O) groups excluding carboxylic acids is 1. The van der Waals surface area contributed by atoms with Crippen LogP contribution in [0.3, 0.4) is 0 Å². The molecule has 0 aliphatic heterocycles. The van der Waals surface area contributed by atoms with Gasteiger partial charge in [0.1, 0.15) is 10.7 Å². The number of hydrogen-bond acceptors (Lipinski definition) is 5. The lowest BCUT2D eigenvalue weighted by atomic mass is 10.0. The Morgan fingerprint density at radius 3 is 2.40 bits per heavy atom. The summed E-state index contributed by atoms with van der Waals surface area (Å²) in [5.74, 6) is -0.538. The number of aliphatic hydroxyl groups is 3. The maximum atomic E-state index is 12.1. The topological polar surface area (TPSA) is 103 Å². The monoisotopic (exact) mass is 302 g/mol. The van der Waals surface area contributed by atoms with Gasteiger partial charge in [-0.15, -0.1) is 0 Å². The van der Waals surface area contributed by atoms with Crippen molar-refractivity contribution in [3.63, 3.8) is 0 Å². The minimum atomic E-state index is -1.46. The largest absolute Gasteiger partial charge is 0.394 e. The molecule has 1 aromatic heterocycles. The molecule has 6 nitrogen and oxygen atoms in total. The highest BCUT2D eigenvalue weighted by Crippen LogP contribution is 2.14. The summed E-state index contributed by atoms with van der Waals surface area (Å²) in [5, 5.41) is 30.2. The van der Waals surface area contributed by atoms with Gasteiger partial charge in [-0.1, -0.05) is 24.9 Å². The van der Waals surface area contributed by atoms with Crippen molar-refractivity contribution in [1.29, 1.82) is 0 Å². The molecule has 7 heteroatoms. The Balaban J connectivity index is 2.97. The third-order valence-electron chi connectivity index (χ3n) is 2.90. The molecule has 0 unspecified atom stereocenters. The number of amides is 1. The maximum Gasteiger partial charge on any atom is 0.252 e. The van der Waals surface area contributed by atoms with Gasteiger partial charge < -0.3 is 20.6 Å². The van der Waals surface area contributed by atoms with Gasteiger partial charge in [-0.3, -0.25) is 4.79 Å². The third kappa shape index (κ3) is 4.14. The van der Waals surface area contributed by atoms with Crippen molar-refractivity contribution in [2.24, 2.45) is 0 Å². The lowest BCUT2D eigenvalue weighted by Gasteiger charge is -2.28. The molecule has 0 fully saturated rings. The molecule has 112 valence electrons. The van der Waals surface area contributed by atoms with Crippen molar-refractivity contribution in [2.75, 3.05) is 19.8 Å². The molecule has 0 aromatic carbocycles. The molecule has 1 rings (SSSR count). The molecule has 0 saturated carbocycles. The van der Waals surface area contributed by atoms with Gasteiger partial charge in [-0.2, -0.15) is 0 Å². The van der Waals surface area contributed by atoms with E-state index in [0.717, 1.165) is 6.42 Å². The van der Waals surface area contributed by atoms with Gasteiger partial charge in [0.2, 0.25) is 0 Å². The third-order valence-corrected chi connectivity index (χ3v) is 3.10. The number of aliphatic hydroxyl groups excluding tert-OH is 3. The van der Waals surface area contributed by atoms with Gasteiger partial charge in [-0.05, 0) is 18.6 Å². The van der Waals surface area contributed by atoms with E-state index in [2.05, 4.69) is 10.3 Å². The summed E-state index contributed by atoms with van der Waals surface area (Å²) >= 11 is 5.86. The van der Waals surface area contributed by atoms with E-state index in [1.807, 2.05) is 6.92 Å². The Morgan fingerprint density at radius 2 is 1.90 bits per heavy atom. The van der Waals surface area contributed by atoms with Gasteiger partial charge in [-0.25, -0.2) is 4.98 Å². The van der Waals surface area contributed by atoms with Gasteiger partial charge in [0.25, 0.3) is 5.91 Å². The number of aromatic nitrogens is 1. The van der Waals surface area contributed by atoms with Crippen LogP contribution in [-0.4, -0.2) is 51.6 Å². The number of hydrogen-bond donors (Lipinski definition) is 4.